The van der Waals surface area contributed by atoms with Crippen molar-refractivity contribution in [2.45, 2.75) is 19.8 Å². The van der Waals surface area contributed by atoms with Crippen LogP contribution >= 0.6 is 0 Å². The largest absolute Gasteiger partial charge is 0.627 e. The quantitative estimate of drug-likeness (QED) is 0.381. The number of quaternary nitrogens is 1. The Hall–Kier alpha value is -0.450. The van der Waals surface area contributed by atoms with Crippen molar-refractivity contribution in [2.24, 2.45) is 5.73 Å². The highest BCUT2D eigenvalue weighted by atomic mass is 16.5. The molecule has 0 rings (SSSR count). The molecule has 0 aromatic heterocycles. The van der Waals surface area contributed by atoms with E-state index in [1.165, 1.54) is 6.92 Å². The molecule has 0 aliphatic carbocycles. The third-order valence-corrected chi connectivity index (χ3v) is 1.25. The minimum atomic E-state index is -0.350. The smallest absolute Gasteiger partial charge is 0.308 e. The van der Waals surface area contributed by atoms with Crippen LogP contribution in [0.25, 0.3) is 0 Å². The molecule has 0 spiro atoms. The van der Waals surface area contributed by atoms with Gasteiger partial charge in [-0.1, -0.05) is 0 Å². The number of unbranched alkanes of at least 4 members (excludes halogenated alkanes) is 1. The summed E-state index contributed by atoms with van der Waals surface area (Å²) < 4.78 is 0. The molecule has 4 heteroatoms. The SMILES string of the molecule is CC(=O)[NH+]([O-])CCCCN. The van der Waals surface area contributed by atoms with Crippen molar-refractivity contribution in [3.63, 3.8) is 0 Å². The number of carbonyl (C=O) groups excluding carboxylic acids is 1. The van der Waals surface area contributed by atoms with Crippen molar-refractivity contribution in [3.05, 3.63) is 5.21 Å². The zero-order chi connectivity index (χ0) is 7.98. The molecule has 1 atom stereocenters. The second kappa shape index (κ2) is 5.34. The maximum Gasteiger partial charge on any atom is 0.308 e. The number of rotatable bonds is 4. The lowest BCUT2D eigenvalue weighted by Crippen LogP contribution is -3.09. The van der Waals surface area contributed by atoms with Crippen molar-refractivity contribution in [2.75, 3.05) is 13.1 Å². The molecule has 0 aliphatic rings. The van der Waals surface area contributed by atoms with E-state index in [-0.39, 0.29) is 11.0 Å². The van der Waals surface area contributed by atoms with E-state index < -0.39 is 0 Å². The van der Waals surface area contributed by atoms with Crippen LogP contribution in [-0.4, -0.2) is 19.0 Å². The van der Waals surface area contributed by atoms with Crippen LogP contribution in [-0.2, 0) is 4.79 Å². The Labute approximate surface area is 60.6 Å². The summed E-state index contributed by atoms with van der Waals surface area (Å²) in [7, 11) is 0. The molecule has 0 fully saturated rings. The molecule has 1 unspecified atom stereocenters. The standard InChI is InChI=1S/C6H14N2O2/c1-6(9)8(10)5-3-2-4-7/h8H,2-5,7H2,1H3. The Balaban J connectivity index is 3.21. The van der Waals surface area contributed by atoms with E-state index in [1.807, 2.05) is 0 Å². The molecular weight excluding hydrogens is 132 g/mol. The summed E-state index contributed by atoms with van der Waals surface area (Å²) in [5.41, 5.74) is 5.19. The van der Waals surface area contributed by atoms with Crippen molar-refractivity contribution >= 4 is 5.91 Å². The van der Waals surface area contributed by atoms with Gasteiger partial charge >= 0.3 is 5.91 Å². The van der Waals surface area contributed by atoms with Crippen LogP contribution < -0.4 is 10.8 Å². The Kier molecular flexibility index (Phi) is 5.10. The topological polar surface area (TPSA) is 70.6 Å². The van der Waals surface area contributed by atoms with E-state index in [4.69, 9.17) is 5.73 Å². The Morgan fingerprint density at radius 2 is 2.20 bits per heavy atom. The molecule has 10 heavy (non-hydrogen) atoms. The number of nitrogens with two attached hydrogens (primary N) is 1. The third-order valence-electron chi connectivity index (χ3n) is 1.25. The zero-order valence-corrected chi connectivity index (χ0v) is 6.22. The van der Waals surface area contributed by atoms with Crippen LogP contribution in [0.3, 0.4) is 0 Å². The van der Waals surface area contributed by atoms with E-state index in [9.17, 15) is 10.0 Å². The molecule has 0 aliphatic heterocycles. The van der Waals surface area contributed by atoms with Gasteiger partial charge in [0.1, 0.15) is 0 Å². The Bertz CT molecular complexity index is 106. The second-order valence-corrected chi connectivity index (χ2v) is 2.23. The molecule has 0 saturated carbocycles. The van der Waals surface area contributed by atoms with Gasteiger partial charge in [0.05, 0.1) is 13.5 Å². The summed E-state index contributed by atoms with van der Waals surface area (Å²) >= 11 is 0. The summed E-state index contributed by atoms with van der Waals surface area (Å²) in [4.78, 5) is 10.4. The third kappa shape index (κ3) is 4.43. The van der Waals surface area contributed by atoms with Gasteiger partial charge in [-0.05, 0) is 19.4 Å². The first-order valence-corrected chi connectivity index (χ1v) is 3.42. The molecule has 0 bridgehead atoms. The number of carbonyl (C=O) groups is 1. The van der Waals surface area contributed by atoms with Crippen molar-refractivity contribution < 1.29 is 9.86 Å². The molecule has 1 amide bonds. The highest BCUT2D eigenvalue weighted by Gasteiger charge is 2.00. The second-order valence-electron chi connectivity index (χ2n) is 2.23. The van der Waals surface area contributed by atoms with Crippen molar-refractivity contribution in [1.82, 2.24) is 0 Å². The van der Waals surface area contributed by atoms with Gasteiger partial charge in [-0.25, -0.2) is 4.79 Å². The lowest BCUT2D eigenvalue weighted by atomic mass is 10.3. The fourth-order valence-corrected chi connectivity index (χ4v) is 0.606. The van der Waals surface area contributed by atoms with E-state index >= 15 is 0 Å². The van der Waals surface area contributed by atoms with Gasteiger partial charge in [-0.3, -0.25) is 0 Å². The summed E-state index contributed by atoms with van der Waals surface area (Å²) in [6.07, 6.45) is 1.55. The van der Waals surface area contributed by atoms with Crippen molar-refractivity contribution in [1.29, 1.82) is 0 Å². The monoisotopic (exact) mass is 146 g/mol. The van der Waals surface area contributed by atoms with Gasteiger partial charge in [0, 0.05) is 0 Å². The van der Waals surface area contributed by atoms with Crippen molar-refractivity contribution in [3.8, 4) is 0 Å². The Morgan fingerprint density at radius 1 is 1.60 bits per heavy atom. The maximum atomic E-state index is 10.6. The summed E-state index contributed by atoms with van der Waals surface area (Å²) in [6, 6.07) is 0. The zero-order valence-electron chi connectivity index (χ0n) is 6.22. The molecule has 0 heterocycles. The summed E-state index contributed by atoms with van der Waals surface area (Å²) in [6.45, 7) is 2.24. The van der Waals surface area contributed by atoms with Crippen LogP contribution in [0.4, 0.5) is 0 Å². The Morgan fingerprint density at radius 3 is 2.60 bits per heavy atom. The van der Waals surface area contributed by atoms with Gasteiger partial charge in [-0.15, -0.1) is 0 Å². The van der Waals surface area contributed by atoms with Gasteiger partial charge in [0.25, 0.3) is 0 Å². The fraction of sp³-hybridized carbons (Fsp3) is 0.833. The van der Waals surface area contributed by atoms with E-state index in [0.29, 0.717) is 13.1 Å². The van der Waals surface area contributed by atoms with Crippen LogP contribution in [0.2, 0.25) is 0 Å². The predicted molar refractivity (Wildman–Crippen MR) is 38.2 cm³/mol. The van der Waals surface area contributed by atoms with Gasteiger partial charge in [0.15, 0.2) is 0 Å². The summed E-state index contributed by atoms with van der Waals surface area (Å²) in [5, 5.41) is 10.3. The number of amides is 1. The molecular formula is C6H14N2O2. The minimum absolute atomic E-state index is 0.284. The number of hydrogen-bond donors (Lipinski definition) is 2. The first kappa shape index (κ1) is 9.55. The van der Waals surface area contributed by atoms with E-state index in [0.717, 1.165) is 12.8 Å². The molecule has 0 aromatic carbocycles. The van der Waals surface area contributed by atoms with Crippen LogP contribution in [0.1, 0.15) is 19.8 Å². The maximum absolute atomic E-state index is 10.6. The highest BCUT2D eigenvalue weighted by molar-refractivity contribution is 5.63. The first-order valence-electron chi connectivity index (χ1n) is 3.42. The van der Waals surface area contributed by atoms with Gasteiger partial charge < -0.3 is 16.0 Å². The molecule has 4 nitrogen and oxygen atoms in total. The van der Waals surface area contributed by atoms with Crippen LogP contribution in [0.5, 0.6) is 0 Å². The van der Waals surface area contributed by atoms with Gasteiger partial charge in [0.2, 0.25) is 0 Å². The molecule has 0 aromatic rings. The molecule has 60 valence electrons. The number of nitrogens with one attached hydrogen (secondary N) is 1. The minimum Gasteiger partial charge on any atom is -0.627 e. The lowest BCUT2D eigenvalue weighted by Gasteiger charge is -2.16. The van der Waals surface area contributed by atoms with Gasteiger partial charge in [-0.2, -0.15) is 0 Å². The summed E-state index contributed by atoms with van der Waals surface area (Å²) in [5.74, 6) is -0.350. The van der Waals surface area contributed by atoms with E-state index in [1.54, 1.807) is 0 Å². The van der Waals surface area contributed by atoms with Crippen LogP contribution in [0.15, 0.2) is 0 Å². The predicted octanol–water partition coefficient (Wildman–Crippen LogP) is -1.35. The normalized spacial score (nSPS) is 13.1. The molecule has 3 N–H and O–H groups in total. The average Bonchev–Trinajstić information content (AvgIpc) is 1.88. The molecule has 0 radical (unpaired) electrons. The fourth-order valence-electron chi connectivity index (χ4n) is 0.606. The lowest BCUT2D eigenvalue weighted by molar-refractivity contribution is -0.764. The highest BCUT2D eigenvalue weighted by Crippen LogP contribution is 1.78. The number of hydrogen-bond acceptors (Lipinski definition) is 3. The number of hydroxylamine groups is 2. The van der Waals surface area contributed by atoms with E-state index in [2.05, 4.69) is 0 Å². The molecule has 0 saturated heterocycles. The average molecular weight is 146 g/mol. The first-order chi connectivity index (χ1) is 4.68. The van der Waals surface area contributed by atoms with Crippen LogP contribution in [0, 0.1) is 5.21 Å².